The van der Waals surface area contributed by atoms with Gasteiger partial charge in [-0.05, 0) is 50.3 Å². The second-order valence-electron chi connectivity index (χ2n) is 5.58. The predicted octanol–water partition coefficient (Wildman–Crippen LogP) is 2.51. The molecule has 0 saturated heterocycles. The van der Waals surface area contributed by atoms with Crippen LogP contribution < -0.4 is 4.74 Å². The van der Waals surface area contributed by atoms with Crippen molar-refractivity contribution in [2.24, 2.45) is 5.92 Å². The number of carbonyl (C=O) groups excluding carboxylic acids is 1. The summed E-state index contributed by atoms with van der Waals surface area (Å²) in [5, 5.41) is 20.0. The molecular weight excluding hydrogens is 282 g/mol. The minimum atomic E-state index is -0.999. The fourth-order valence-corrected chi connectivity index (χ4v) is 2.96. The van der Waals surface area contributed by atoms with Crippen molar-refractivity contribution in [2.45, 2.75) is 38.2 Å². The van der Waals surface area contributed by atoms with Crippen molar-refractivity contribution in [3.05, 3.63) is 29.3 Å². The number of aliphatic hydroxyl groups is 1. The molecule has 0 bridgehead atoms. The number of benzene rings is 1. The van der Waals surface area contributed by atoms with Gasteiger partial charge in [0.25, 0.3) is 0 Å². The summed E-state index contributed by atoms with van der Waals surface area (Å²) in [7, 11) is 1.51. The molecule has 5 heteroatoms. The second-order valence-corrected chi connectivity index (χ2v) is 5.58. The highest BCUT2D eigenvalue weighted by atomic mass is 16.5. The van der Waals surface area contributed by atoms with Crippen molar-refractivity contribution in [3.63, 3.8) is 0 Å². The normalized spacial score (nSPS) is 24.4. The van der Waals surface area contributed by atoms with Crippen LogP contribution in [0.15, 0.2) is 18.2 Å². The first-order chi connectivity index (χ1) is 10.5. The lowest BCUT2D eigenvalue weighted by Gasteiger charge is -2.35. The maximum Gasteiger partial charge on any atom is 0.308 e. The first-order valence-corrected chi connectivity index (χ1v) is 7.51. The molecule has 2 rings (SSSR count). The summed E-state index contributed by atoms with van der Waals surface area (Å²) in [5.41, 5.74) is 0.106. The Kier molecular flexibility index (Phi) is 5.04. The summed E-state index contributed by atoms with van der Waals surface area (Å²) in [4.78, 5) is 11.8. The van der Waals surface area contributed by atoms with E-state index in [2.05, 4.69) is 6.07 Å². The zero-order chi connectivity index (χ0) is 16.2. The van der Waals surface area contributed by atoms with Crippen LogP contribution in [0.2, 0.25) is 0 Å². The smallest absolute Gasteiger partial charge is 0.308 e. The summed E-state index contributed by atoms with van der Waals surface area (Å²) in [6.07, 6.45) is 2.13. The van der Waals surface area contributed by atoms with E-state index in [1.54, 1.807) is 25.1 Å². The van der Waals surface area contributed by atoms with Gasteiger partial charge in [0, 0.05) is 0 Å². The Morgan fingerprint density at radius 3 is 2.68 bits per heavy atom. The molecule has 0 aliphatic heterocycles. The molecule has 1 N–H and O–H groups in total. The number of methoxy groups -OCH3 is 1. The summed E-state index contributed by atoms with van der Waals surface area (Å²) in [5.74, 6) is 0.168. The van der Waals surface area contributed by atoms with Gasteiger partial charge in [0.1, 0.15) is 11.8 Å². The van der Waals surface area contributed by atoms with Crippen LogP contribution in [-0.2, 0) is 15.1 Å². The first kappa shape index (κ1) is 16.3. The molecule has 0 heterocycles. The molecule has 1 saturated carbocycles. The molecule has 1 aliphatic carbocycles. The lowest BCUT2D eigenvalue weighted by molar-refractivity contribution is -0.151. The summed E-state index contributed by atoms with van der Waals surface area (Å²) < 4.78 is 10.2. The van der Waals surface area contributed by atoms with Crippen LogP contribution in [0.25, 0.3) is 0 Å². The van der Waals surface area contributed by atoms with E-state index in [1.165, 1.54) is 7.11 Å². The second kappa shape index (κ2) is 6.80. The van der Waals surface area contributed by atoms with Gasteiger partial charge < -0.3 is 14.6 Å². The largest absolute Gasteiger partial charge is 0.495 e. The molecule has 0 radical (unpaired) electrons. The lowest BCUT2D eigenvalue weighted by Crippen LogP contribution is -2.34. The van der Waals surface area contributed by atoms with Crippen molar-refractivity contribution in [1.82, 2.24) is 0 Å². The molecular formula is C17H21NO4. The lowest BCUT2D eigenvalue weighted by atomic mass is 9.75. The minimum absolute atomic E-state index is 0.145. The number of rotatable bonds is 4. The van der Waals surface area contributed by atoms with Gasteiger partial charge in [0.05, 0.1) is 30.8 Å². The predicted molar refractivity (Wildman–Crippen MR) is 80.2 cm³/mol. The average molecular weight is 303 g/mol. The zero-order valence-electron chi connectivity index (χ0n) is 13.0. The van der Waals surface area contributed by atoms with Gasteiger partial charge in [-0.1, -0.05) is 6.07 Å². The Hall–Kier alpha value is -2.06. The maximum absolute atomic E-state index is 11.8. The summed E-state index contributed by atoms with van der Waals surface area (Å²) >= 11 is 0. The third-order valence-electron chi connectivity index (χ3n) is 4.29. The molecule has 0 atom stereocenters. The monoisotopic (exact) mass is 303 g/mol. The first-order valence-electron chi connectivity index (χ1n) is 7.51. The topological polar surface area (TPSA) is 79.6 Å². The Balaban J connectivity index is 2.14. The fourth-order valence-electron chi connectivity index (χ4n) is 2.96. The molecule has 1 fully saturated rings. The Bertz CT molecular complexity index is 583. The van der Waals surface area contributed by atoms with Gasteiger partial charge in [0.15, 0.2) is 0 Å². The molecule has 1 aliphatic rings. The molecule has 0 spiro atoms. The van der Waals surface area contributed by atoms with Gasteiger partial charge >= 0.3 is 5.97 Å². The Labute approximate surface area is 130 Å². The van der Waals surface area contributed by atoms with E-state index < -0.39 is 5.60 Å². The van der Waals surface area contributed by atoms with Crippen LogP contribution in [0.1, 0.15) is 43.7 Å². The number of hydrogen-bond acceptors (Lipinski definition) is 5. The number of nitriles is 1. The summed E-state index contributed by atoms with van der Waals surface area (Å²) in [6.45, 7) is 2.17. The van der Waals surface area contributed by atoms with Gasteiger partial charge in [0.2, 0.25) is 0 Å². The van der Waals surface area contributed by atoms with E-state index in [4.69, 9.17) is 14.7 Å². The van der Waals surface area contributed by atoms with Crippen LogP contribution in [0, 0.1) is 17.2 Å². The third kappa shape index (κ3) is 3.23. The highest BCUT2D eigenvalue weighted by molar-refractivity contribution is 5.72. The molecule has 22 heavy (non-hydrogen) atoms. The van der Waals surface area contributed by atoms with Crippen LogP contribution in [0.5, 0.6) is 5.75 Å². The summed E-state index contributed by atoms with van der Waals surface area (Å²) in [6, 6.07) is 7.23. The van der Waals surface area contributed by atoms with Crippen molar-refractivity contribution in [3.8, 4) is 11.8 Å². The quantitative estimate of drug-likeness (QED) is 0.865. The molecule has 1 aromatic rings. The zero-order valence-corrected chi connectivity index (χ0v) is 13.0. The average Bonchev–Trinajstić information content (AvgIpc) is 2.55. The van der Waals surface area contributed by atoms with E-state index >= 15 is 0 Å². The van der Waals surface area contributed by atoms with E-state index in [0.717, 1.165) is 0 Å². The van der Waals surface area contributed by atoms with Gasteiger partial charge in [-0.3, -0.25) is 4.79 Å². The van der Waals surface area contributed by atoms with E-state index in [-0.39, 0.29) is 11.9 Å². The molecule has 0 amide bonds. The molecule has 5 nitrogen and oxygen atoms in total. The highest BCUT2D eigenvalue weighted by Crippen LogP contribution is 2.40. The molecule has 0 unspecified atom stereocenters. The van der Waals surface area contributed by atoms with E-state index in [0.29, 0.717) is 49.2 Å². The number of ether oxygens (including phenoxy) is 2. The van der Waals surface area contributed by atoms with Crippen molar-refractivity contribution in [1.29, 1.82) is 5.26 Å². The SMILES string of the molecule is CCOC(=O)C1CCC(O)(c2ccc(OC)c(C#N)c2)CC1. The Morgan fingerprint density at radius 2 is 2.14 bits per heavy atom. The van der Waals surface area contributed by atoms with Crippen molar-refractivity contribution < 1.29 is 19.4 Å². The van der Waals surface area contributed by atoms with Crippen LogP contribution in [-0.4, -0.2) is 24.8 Å². The minimum Gasteiger partial charge on any atom is -0.495 e. The molecule has 1 aromatic carbocycles. The fraction of sp³-hybridized carbons (Fsp3) is 0.529. The van der Waals surface area contributed by atoms with Crippen LogP contribution in [0.4, 0.5) is 0 Å². The van der Waals surface area contributed by atoms with Gasteiger partial charge in [-0.15, -0.1) is 0 Å². The highest BCUT2D eigenvalue weighted by Gasteiger charge is 2.37. The maximum atomic E-state index is 11.8. The van der Waals surface area contributed by atoms with Crippen LogP contribution >= 0.6 is 0 Å². The van der Waals surface area contributed by atoms with Crippen molar-refractivity contribution in [2.75, 3.05) is 13.7 Å². The standard InChI is InChI=1S/C17H21NO4/c1-3-22-16(19)12-6-8-17(20,9-7-12)14-4-5-15(21-2)13(10-14)11-18/h4-5,10,12,20H,3,6-9H2,1-2H3. The van der Waals surface area contributed by atoms with Gasteiger partial charge in [-0.25, -0.2) is 0 Å². The number of nitrogens with zero attached hydrogens (tertiary/aromatic N) is 1. The van der Waals surface area contributed by atoms with Crippen LogP contribution in [0.3, 0.4) is 0 Å². The number of carbonyl (C=O) groups is 1. The van der Waals surface area contributed by atoms with E-state index in [9.17, 15) is 9.90 Å². The van der Waals surface area contributed by atoms with E-state index in [1.807, 2.05) is 0 Å². The molecule has 118 valence electrons. The number of hydrogen-bond donors (Lipinski definition) is 1. The third-order valence-corrected chi connectivity index (χ3v) is 4.29. The Morgan fingerprint density at radius 1 is 1.45 bits per heavy atom. The van der Waals surface area contributed by atoms with Gasteiger partial charge in [-0.2, -0.15) is 5.26 Å². The number of esters is 1. The molecule has 0 aromatic heterocycles. The van der Waals surface area contributed by atoms with Crippen molar-refractivity contribution >= 4 is 5.97 Å².